The smallest absolute Gasteiger partial charge is 0.342 e. The third-order valence-corrected chi connectivity index (χ3v) is 9.59. The van der Waals surface area contributed by atoms with Gasteiger partial charge in [-0.05, 0) is 63.6 Å². The number of nitrogens with zero attached hydrogens (tertiary/aromatic N) is 2. The van der Waals surface area contributed by atoms with Crippen LogP contribution in [-0.4, -0.2) is 32.4 Å². The summed E-state index contributed by atoms with van der Waals surface area (Å²) in [4.78, 5) is 24.7. The number of thioether (sulfide) groups is 1. The first-order valence-corrected chi connectivity index (χ1v) is 17.4. The molecule has 1 N–H and O–H groups in total. The Morgan fingerprint density at radius 1 is 0.809 bits per heavy atom. The maximum atomic E-state index is 13.3. The number of benzene rings is 4. The number of hydrogen-bond acceptors (Lipinski definition) is 8. The molecule has 1 unspecified atom stereocenters. The van der Waals surface area contributed by atoms with Crippen LogP contribution in [0.3, 0.4) is 0 Å². The summed E-state index contributed by atoms with van der Waals surface area (Å²) in [5.74, 6) is -2.41. The lowest BCUT2D eigenvalue weighted by atomic mass is 9.85. The van der Waals surface area contributed by atoms with Gasteiger partial charge < -0.3 is 9.84 Å². The normalized spacial score (nSPS) is 16.6. The van der Waals surface area contributed by atoms with Crippen molar-refractivity contribution in [3.63, 3.8) is 0 Å². The molecule has 0 radical (unpaired) electrons. The Morgan fingerprint density at radius 2 is 1.38 bits per heavy atom. The van der Waals surface area contributed by atoms with Gasteiger partial charge in [-0.3, -0.25) is 4.79 Å². The summed E-state index contributed by atoms with van der Waals surface area (Å²) in [6.45, 7) is 13.0. The average molecular weight is 665 g/mol. The lowest BCUT2D eigenvalue weighted by molar-refractivity contribution is -0.185. The number of aromatic nitrogens is 2. The molecule has 242 valence electrons. The summed E-state index contributed by atoms with van der Waals surface area (Å²) >= 11 is 2.74. The molecule has 6 rings (SSSR count). The Balaban J connectivity index is 0.000000305. The third-order valence-electron chi connectivity index (χ3n) is 8.29. The van der Waals surface area contributed by atoms with Crippen molar-refractivity contribution in [2.75, 3.05) is 6.26 Å². The number of fused-ring (bicyclic) bond motifs is 1. The zero-order chi connectivity index (χ0) is 34.0. The van der Waals surface area contributed by atoms with Gasteiger partial charge >= 0.3 is 5.97 Å². The van der Waals surface area contributed by atoms with Crippen molar-refractivity contribution in [2.24, 2.45) is 0 Å². The van der Waals surface area contributed by atoms with Crippen LogP contribution in [0.15, 0.2) is 101 Å². The number of esters is 1. The van der Waals surface area contributed by atoms with Crippen LogP contribution in [0.25, 0.3) is 16.6 Å². The maximum absolute atomic E-state index is 13.3. The van der Waals surface area contributed by atoms with E-state index in [-0.39, 0.29) is 10.8 Å². The Morgan fingerprint density at radius 3 is 1.94 bits per heavy atom. The lowest BCUT2D eigenvalue weighted by Crippen LogP contribution is -2.29. The van der Waals surface area contributed by atoms with Gasteiger partial charge in [0.15, 0.2) is 0 Å². The van der Waals surface area contributed by atoms with E-state index in [1.165, 1.54) is 11.1 Å². The predicted octanol–water partition coefficient (Wildman–Crippen LogP) is 8.91. The summed E-state index contributed by atoms with van der Waals surface area (Å²) in [5, 5.41) is 11.9. The van der Waals surface area contributed by atoms with Gasteiger partial charge in [0.25, 0.3) is 5.79 Å². The second-order valence-corrected chi connectivity index (χ2v) is 15.1. The van der Waals surface area contributed by atoms with E-state index in [0.717, 1.165) is 39.6 Å². The molecular formula is C39H40N2O4S2. The molecule has 1 atom stereocenters. The molecule has 0 aliphatic carbocycles. The molecule has 8 heteroatoms. The molecule has 0 saturated heterocycles. The van der Waals surface area contributed by atoms with Crippen LogP contribution >= 0.6 is 23.5 Å². The third kappa shape index (κ3) is 7.56. The molecule has 1 aliphatic rings. The molecule has 1 aromatic heterocycles. The van der Waals surface area contributed by atoms with Gasteiger partial charge in [0, 0.05) is 28.0 Å². The minimum atomic E-state index is -1.86. The minimum absolute atomic E-state index is 0.0339. The van der Waals surface area contributed by atoms with Crippen molar-refractivity contribution in [3.05, 3.63) is 130 Å². The second kappa shape index (κ2) is 13.6. The summed E-state index contributed by atoms with van der Waals surface area (Å²) in [7, 11) is 0. The molecule has 0 fully saturated rings. The highest BCUT2D eigenvalue weighted by atomic mass is 32.2. The van der Waals surface area contributed by atoms with E-state index >= 15 is 0 Å². The predicted molar refractivity (Wildman–Crippen MR) is 192 cm³/mol. The molecule has 5 aromatic rings. The Kier molecular flexibility index (Phi) is 9.87. The molecule has 1 aliphatic heterocycles. The van der Waals surface area contributed by atoms with Crippen LogP contribution in [0.2, 0.25) is 0 Å². The first-order valence-electron chi connectivity index (χ1n) is 15.4. The average Bonchev–Trinajstić information content (AvgIpc) is 3.62. The highest BCUT2D eigenvalue weighted by Crippen LogP contribution is 2.45. The quantitative estimate of drug-likeness (QED) is 0.110. The van der Waals surface area contributed by atoms with E-state index in [1.807, 2.05) is 73.0 Å². The number of aldehydes is 1. The molecule has 47 heavy (non-hydrogen) atoms. The van der Waals surface area contributed by atoms with E-state index in [9.17, 15) is 14.7 Å². The van der Waals surface area contributed by atoms with Crippen LogP contribution in [-0.2, 0) is 32.6 Å². The van der Waals surface area contributed by atoms with Crippen LogP contribution in [0.4, 0.5) is 0 Å². The van der Waals surface area contributed by atoms with Gasteiger partial charge in [-0.1, -0.05) is 108 Å². The molecule has 0 saturated carbocycles. The summed E-state index contributed by atoms with van der Waals surface area (Å²) in [5.41, 5.74) is 7.96. The molecule has 0 amide bonds. The summed E-state index contributed by atoms with van der Waals surface area (Å²) in [6.07, 6.45) is 3.22. The first-order chi connectivity index (χ1) is 22.2. The maximum Gasteiger partial charge on any atom is 0.342 e. The van der Waals surface area contributed by atoms with Gasteiger partial charge in [-0.25, -0.2) is 4.79 Å². The van der Waals surface area contributed by atoms with Crippen molar-refractivity contribution in [2.45, 2.75) is 69.5 Å². The fraction of sp³-hybridized carbons (Fsp3) is 0.282. The van der Waals surface area contributed by atoms with Crippen molar-refractivity contribution >= 4 is 52.4 Å². The van der Waals surface area contributed by atoms with E-state index in [0.29, 0.717) is 34.2 Å². The molecule has 6 nitrogen and oxygen atoms in total. The number of rotatable bonds is 6. The fourth-order valence-electron chi connectivity index (χ4n) is 5.42. The van der Waals surface area contributed by atoms with E-state index in [4.69, 9.17) is 4.74 Å². The number of cyclic esters (lactones) is 1. The van der Waals surface area contributed by atoms with Crippen LogP contribution in [0.1, 0.15) is 79.7 Å². The van der Waals surface area contributed by atoms with Crippen molar-refractivity contribution in [3.8, 4) is 0 Å². The van der Waals surface area contributed by atoms with Gasteiger partial charge in [-0.15, -0.1) is 11.8 Å². The second-order valence-electron chi connectivity index (χ2n) is 13.7. The number of ether oxygens (including phenoxy) is 1. The Labute approximate surface area is 285 Å². The Hall–Kier alpha value is -4.11. The minimum Gasteiger partial charge on any atom is -0.421 e. The van der Waals surface area contributed by atoms with Crippen LogP contribution in [0, 0.1) is 0 Å². The summed E-state index contributed by atoms with van der Waals surface area (Å²) in [6, 6.07) is 29.0. The lowest BCUT2D eigenvalue weighted by Gasteiger charge is -2.26. The van der Waals surface area contributed by atoms with E-state index in [1.54, 1.807) is 11.8 Å². The molecule has 2 heterocycles. The molecule has 0 spiro atoms. The van der Waals surface area contributed by atoms with Gasteiger partial charge in [0.05, 0.1) is 17.3 Å². The van der Waals surface area contributed by atoms with Gasteiger partial charge in [0.2, 0.25) is 0 Å². The SMILES string of the molecule is CC(C)(C)c1ccc(C=O)cc1.CSc1ccc(C2(O)OC(=O)C(c3ccc4nsnc4c3)=C2Cc2ccc(C(C)(C)C)cc2)cc1. The van der Waals surface area contributed by atoms with Crippen molar-refractivity contribution in [1.29, 1.82) is 0 Å². The standard InChI is InChI=1S/C28H26N2O3S2.C11H14O/c1-27(2,3)19-8-5-17(6-9-19)15-22-25(18-7-14-23-24(16-18)30-35-29-23)26(31)33-28(22,32)20-10-12-21(34-4)13-11-20;1-11(2,3)10-6-4-9(8-12)5-7-10/h5-14,16,32H,15H2,1-4H3;4-8H,1-3H3. The monoisotopic (exact) mass is 664 g/mol. The zero-order valence-corrected chi connectivity index (χ0v) is 29.5. The van der Waals surface area contributed by atoms with Crippen molar-refractivity contribution < 1.29 is 19.4 Å². The van der Waals surface area contributed by atoms with Crippen LogP contribution in [0.5, 0.6) is 0 Å². The fourth-order valence-corrected chi connectivity index (χ4v) is 6.34. The highest BCUT2D eigenvalue weighted by Gasteiger charge is 2.48. The zero-order valence-electron chi connectivity index (χ0n) is 27.8. The van der Waals surface area contributed by atoms with E-state index < -0.39 is 11.8 Å². The van der Waals surface area contributed by atoms with Gasteiger partial charge in [0.1, 0.15) is 17.3 Å². The van der Waals surface area contributed by atoms with E-state index in [2.05, 4.69) is 74.6 Å². The Bertz CT molecular complexity index is 1910. The van der Waals surface area contributed by atoms with Gasteiger partial charge in [-0.2, -0.15) is 8.75 Å². The number of hydrogen-bond donors (Lipinski definition) is 1. The summed E-state index contributed by atoms with van der Waals surface area (Å²) < 4.78 is 14.3. The largest absolute Gasteiger partial charge is 0.421 e. The molecular weight excluding hydrogens is 625 g/mol. The van der Waals surface area contributed by atoms with Crippen LogP contribution < -0.4 is 0 Å². The topological polar surface area (TPSA) is 89.4 Å². The molecule has 0 bridgehead atoms. The first kappa shape index (κ1) is 34.2. The van der Waals surface area contributed by atoms with Crippen molar-refractivity contribution in [1.82, 2.24) is 8.75 Å². The number of carbonyl (C=O) groups is 2. The number of aliphatic hydroxyl groups is 1. The molecule has 4 aromatic carbocycles. The highest BCUT2D eigenvalue weighted by molar-refractivity contribution is 7.98. The number of carbonyl (C=O) groups excluding carboxylic acids is 2.